The zero-order valence-corrected chi connectivity index (χ0v) is 11.3. The number of carbonyl (C=O) groups excluding carboxylic acids is 1. The Hall–Kier alpha value is -1.88. The van der Waals surface area contributed by atoms with E-state index >= 15 is 0 Å². The number of rotatable bonds is 4. The van der Waals surface area contributed by atoms with Gasteiger partial charge in [-0.1, -0.05) is 12.1 Å². The minimum atomic E-state index is -0.243. The smallest absolute Gasteiger partial charge is 0.261 e. The number of nitrogens with one attached hydrogen (secondary N) is 1. The molecule has 0 atom stereocenters. The number of halogens is 1. The molecular formula is C13H14ClN3O2. The van der Waals surface area contributed by atoms with E-state index in [4.69, 9.17) is 11.6 Å². The summed E-state index contributed by atoms with van der Waals surface area (Å²) in [7, 11) is 0. The molecule has 0 aliphatic rings. The summed E-state index contributed by atoms with van der Waals surface area (Å²) in [5.74, 6) is 0.254. The first-order chi connectivity index (χ1) is 9.17. The Kier molecular flexibility index (Phi) is 4.16. The fourth-order valence-corrected chi connectivity index (χ4v) is 2.08. The van der Waals surface area contributed by atoms with E-state index in [9.17, 15) is 9.59 Å². The molecule has 1 heterocycles. The van der Waals surface area contributed by atoms with E-state index in [2.05, 4.69) is 10.3 Å². The lowest BCUT2D eigenvalue weighted by Crippen LogP contribution is -2.34. The molecule has 0 aliphatic heterocycles. The molecule has 0 aliphatic carbocycles. The van der Waals surface area contributed by atoms with Crippen LogP contribution in [0.1, 0.15) is 12.7 Å². The van der Waals surface area contributed by atoms with Crippen molar-refractivity contribution >= 4 is 28.4 Å². The van der Waals surface area contributed by atoms with E-state index in [1.807, 2.05) is 6.92 Å². The van der Waals surface area contributed by atoms with Crippen molar-refractivity contribution in [3.63, 3.8) is 0 Å². The minimum Gasteiger partial charge on any atom is -0.355 e. The Morgan fingerprint density at radius 1 is 1.42 bits per heavy atom. The Bertz CT molecular complexity index is 666. The molecule has 2 rings (SSSR count). The highest BCUT2D eigenvalue weighted by Gasteiger charge is 2.12. The van der Waals surface area contributed by atoms with Gasteiger partial charge in [-0.25, -0.2) is 4.98 Å². The molecule has 0 fully saturated rings. The maximum absolute atomic E-state index is 12.3. The zero-order valence-electron chi connectivity index (χ0n) is 10.5. The molecule has 1 N–H and O–H groups in total. The Balaban J connectivity index is 2.55. The second-order valence-corrected chi connectivity index (χ2v) is 4.29. The van der Waals surface area contributed by atoms with Crippen molar-refractivity contribution < 1.29 is 4.79 Å². The molecule has 0 radical (unpaired) electrons. The van der Waals surface area contributed by atoms with Crippen LogP contribution in [0, 0.1) is 0 Å². The highest BCUT2D eigenvalue weighted by Crippen LogP contribution is 2.09. The normalized spacial score (nSPS) is 10.6. The third-order valence-corrected chi connectivity index (χ3v) is 2.97. The van der Waals surface area contributed by atoms with E-state index in [1.54, 1.807) is 24.3 Å². The molecule has 1 amide bonds. The van der Waals surface area contributed by atoms with Crippen LogP contribution in [-0.2, 0) is 17.2 Å². The number of alkyl halides is 1. The first kappa shape index (κ1) is 13.5. The Morgan fingerprint density at radius 3 is 2.84 bits per heavy atom. The summed E-state index contributed by atoms with van der Waals surface area (Å²) in [4.78, 5) is 28.3. The van der Waals surface area contributed by atoms with Crippen molar-refractivity contribution in [1.82, 2.24) is 14.9 Å². The number of para-hydroxylation sites is 1. The average Bonchev–Trinajstić information content (AvgIpc) is 2.42. The van der Waals surface area contributed by atoms with E-state index in [-0.39, 0.29) is 23.9 Å². The van der Waals surface area contributed by atoms with Gasteiger partial charge in [-0.15, -0.1) is 11.6 Å². The fourth-order valence-electron chi connectivity index (χ4n) is 1.88. The molecular weight excluding hydrogens is 266 g/mol. The molecule has 5 nitrogen and oxygen atoms in total. The van der Waals surface area contributed by atoms with Gasteiger partial charge in [-0.2, -0.15) is 0 Å². The second-order valence-electron chi connectivity index (χ2n) is 4.02. The molecule has 6 heteroatoms. The molecule has 2 aromatic rings. The predicted molar refractivity (Wildman–Crippen MR) is 74.2 cm³/mol. The lowest BCUT2D eigenvalue weighted by Gasteiger charge is -2.11. The van der Waals surface area contributed by atoms with Gasteiger partial charge in [-0.3, -0.25) is 14.2 Å². The summed E-state index contributed by atoms with van der Waals surface area (Å²) in [6.07, 6.45) is 0. The Labute approximate surface area is 115 Å². The van der Waals surface area contributed by atoms with E-state index < -0.39 is 0 Å². The average molecular weight is 280 g/mol. The third-order valence-electron chi connectivity index (χ3n) is 2.74. The molecule has 0 unspecified atom stereocenters. The summed E-state index contributed by atoms with van der Waals surface area (Å²) >= 11 is 5.81. The molecule has 0 saturated heterocycles. The highest BCUT2D eigenvalue weighted by molar-refractivity contribution is 6.16. The van der Waals surface area contributed by atoms with Crippen molar-refractivity contribution in [3.05, 3.63) is 40.4 Å². The first-order valence-corrected chi connectivity index (χ1v) is 6.52. The van der Waals surface area contributed by atoms with Crippen molar-refractivity contribution in [3.8, 4) is 0 Å². The van der Waals surface area contributed by atoms with Gasteiger partial charge in [0.05, 0.1) is 16.8 Å². The van der Waals surface area contributed by atoms with Gasteiger partial charge >= 0.3 is 0 Å². The van der Waals surface area contributed by atoms with E-state index in [1.165, 1.54) is 4.57 Å². The van der Waals surface area contributed by atoms with Crippen LogP contribution in [0.4, 0.5) is 0 Å². The van der Waals surface area contributed by atoms with Crippen molar-refractivity contribution in [1.29, 1.82) is 0 Å². The van der Waals surface area contributed by atoms with Crippen LogP contribution in [0.3, 0.4) is 0 Å². The lowest BCUT2D eigenvalue weighted by molar-refractivity contribution is -0.121. The van der Waals surface area contributed by atoms with Gasteiger partial charge in [0.1, 0.15) is 12.4 Å². The van der Waals surface area contributed by atoms with Gasteiger partial charge in [0.15, 0.2) is 0 Å². The number of aromatic nitrogens is 2. The molecule has 0 saturated carbocycles. The van der Waals surface area contributed by atoms with E-state index in [0.29, 0.717) is 23.3 Å². The van der Waals surface area contributed by atoms with Crippen LogP contribution >= 0.6 is 11.6 Å². The summed E-state index contributed by atoms with van der Waals surface area (Å²) in [6, 6.07) is 7.02. The SMILES string of the molecule is CCNC(=O)Cn1c(CCl)nc2ccccc2c1=O. The van der Waals surface area contributed by atoms with Crippen LogP contribution in [0.25, 0.3) is 10.9 Å². The third kappa shape index (κ3) is 2.76. The topological polar surface area (TPSA) is 64.0 Å². The number of amides is 1. The van der Waals surface area contributed by atoms with Crippen LogP contribution in [0.2, 0.25) is 0 Å². The maximum Gasteiger partial charge on any atom is 0.261 e. The number of likely N-dealkylation sites (N-methyl/N-ethyl adjacent to an activating group) is 1. The van der Waals surface area contributed by atoms with Crippen LogP contribution in [0.15, 0.2) is 29.1 Å². The number of benzene rings is 1. The van der Waals surface area contributed by atoms with Crippen LogP contribution < -0.4 is 10.9 Å². The van der Waals surface area contributed by atoms with Gasteiger partial charge in [0.25, 0.3) is 5.56 Å². The maximum atomic E-state index is 12.3. The highest BCUT2D eigenvalue weighted by atomic mass is 35.5. The fraction of sp³-hybridized carbons (Fsp3) is 0.308. The molecule has 100 valence electrons. The number of fused-ring (bicyclic) bond motifs is 1. The standard InChI is InChI=1S/C13H14ClN3O2/c1-2-15-12(18)8-17-11(7-14)16-10-6-4-3-5-9(10)13(17)19/h3-6H,2,7-8H2,1H3,(H,15,18). The van der Waals surface area contributed by atoms with Gasteiger partial charge < -0.3 is 5.32 Å². The summed E-state index contributed by atoms with van der Waals surface area (Å²) in [6.45, 7) is 2.28. The van der Waals surface area contributed by atoms with Crippen molar-refractivity contribution in [2.24, 2.45) is 0 Å². The zero-order chi connectivity index (χ0) is 13.8. The largest absolute Gasteiger partial charge is 0.355 e. The number of hydrogen-bond acceptors (Lipinski definition) is 3. The molecule has 0 spiro atoms. The summed E-state index contributed by atoms with van der Waals surface area (Å²) in [5.41, 5.74) is 0.350. The lowest BCUT2D eigenvalue weighted by atomic mass is 10.2. The number of carbonyl (C=O) groups is 1. The minimum absolute atomic E-state index is 0.0629. The quantitative estimate of drug-likeness (QED) is 0.858. The van der Waals surface area contributed by atoms with Crippen molar-refractivity contribution in [2.75, 3.05) is 6.54 Å². The first-order valence-electron chi connectivity index (χ1n) is 5.98. The summed E-state index contributed by atoms with van der Waals surface area (Å²) < 4.78 is 1.32. The number of nitrogens with zero attached hydrogens (tertiary/aromatic N) is 2. The predicted octanol–water partition coefficient (Wildman–Crippen LogP) is 1.27. The molecule has 1 aromatic heterocycles. The Morgan fingerprint density at radius 2 is 2.16 bits per heavy atom. The second kappa shape index (κ2) is 5.84. The van der Waals surface area contributed by atoms with E-state index in [0.717, 1.165) is 0 Å². The van der Waals surface area contributed by atoms with Gasteiger partial charge in [-0.05, 0) is 19.1 Å². The van der Waals surface area contributed by atoms with Gasteiger partial charge in [0.2, 0.25) is 5.91 Å². The van der Waals surface area contributed by atoms with Crippen LogP contribution in [-0.4, -0.2) is 22.0 Å². The van der Waals surface area contributed by atoms with Crippen LogP contribution in [0.5, 0.6) is 0 Å². The molecule has 0 bridgehead atoms. The number of hydrogen-bond donors (Lipinski definition) is 1. The van der Waals surface area contributed by atoms with Crippen molar-refractivity contribution in [2.45, 2.75) is 19.3 Å². The monoisotopic (exact) mass is 279 g/mol. The molecule has 1 aromatic carbocycles. The van der Waals surface area contributed by atoms with Gasteiger partial charge in [0, 0.05) is 6.54 Å². The summed E-state index contributed by atoms with van der Waals surface area (Å²) in [5, 5.41) is 3.14. The molecule has 19 heavy (non-hydrogen) atoms.